The van der Waals surface area contributed by atoms with Crippen LogP contribution in [0.5, 0.6) is 0 Å². The SMILES string of the molecule is CC1C([N+](=O)[O-])C2(C(=O)N(Cc3ccccc3)c3ccccc32)C(C#N)(C#N)C12C(=O)N(C)c1ccccc12. The molecule has 0 saturated heterocycles. The van der Waals surface area contributed by atoms with Crippen molar-refractivity contribution in [1.82, 2.24) is 0 Å². The fraction of sp³-hybridized carbons (Fsp3) is 0.267. The van der Waals surface area contributed by atoms with Crippen molar-refractivity contribution in [1.29, 1.82) is 10.5 Å². The highest BCUT2D eigenvalue weighted by Gasteiger charge is 2.90. The highest BCUT2D eigenvalue weighted by molar-refractivity contribution is 6.16. The van der Waals surface area contributed by atoms with Crippen molar-refractivity contribution in [3.8, 4) is 12.1 Å². The molecular weight excluding hydrogens is 494 g/mol. The molecule has 2 spiro atoms. The average Bonchev–Trinajstić information content (AvgIpc) is 3.43. The molecule has 0 radical (unpaired) electrons. The lowest BCUT2D eigenvalue weighted by molar-refractivity contribution is -0.537. The second-order valence-electron chi connectivity index (χ2n) is 10.4. The van der Waals surface area contributed by atoms with Crippen molar-refractivity contribution < 1.29 is 14.5 Å². The van der Waals surface area contributed by atoms with Crippen LogP contribution in [0, 0.1) is 44.1 Å². The summed E-state index contributed by atoms with van der Waals surface area (Å²) in [5, 5.41) is 35.0. The van der Waals surface area contributed by atoms with Crippen LogP contribution in [0.3, 0.4) is 0 Å². The lowest BCUT2D eigenvalue weighted by atomic mass is 9.52. The summed E-state index contributed by atoms with van der Waals surface area (Å²) in [4.78, 5) is 44.4. The average molecular weight is 518 g/mol. The predicted molar refractivity (Wildman–Crippen MR) is 141 cm³/mol. The third-order valence-corrected chi connectivity index (χ3v) is 9.06. The van der Waals surface area contributed by atoms with E-state index >= 15 is 0 Å². The summed E-state index contributed by atoms with van der Waals surface area (Å²) < 4.78 is 0. The van der Waals surface area contributed by atoms with Crippen LogP contribution in [0.15, 0.2) is 78.9 Å². The molecule has 2 aliphatic heterocycles. The number of hydrogen-bond acceptors (Lipinski definition) is 6. The van der Waals surface area contributed by atoms with Gasteiger partial charge in [0.05, 0.1) is 18.7 Å². The van der Waals surface area contributed by atoms with Crippen molar-refractivity contribution in [3.63, 3.8) is 0 Å². The third kappa shape index (κ3) is 2.48. The summed E-state index contributed by atoms with van der Waals surface area (Å²) in [6.07, 6.45) is 0. The molecule has 4 unspecified atom stereocenters. The number of carbonyl (C=O) groups excluding carboxylic acids is 2. The van der Waals surface area contributed by atoms with Crippen molar-refractivity contribution in [2.75, 3.05) is 16.8 Å². The van der Waals surface area contributed by atoms with Crippen LogP contribution < -0.4 is 9.80 Å². The first-order chi connectivity index (χ1) is 18.8. The Hall–Kier alpha value is -5.02. The van der Waals surface area contributed by atoms with Gasteiger partial charge in [-0.25, -0.2) is 0 Å². The van der Waals surface area contributed by atoms with E-state index in [-0.39, 0.29) is 12.1 Å². The molecule has 3 aromatic carbocycles. The number of carbonyl (C=O) groups is 2. The van der Waals surface area contributed by atoms with Gasteiger partial charge in [0.15, 0.2) is 10.8 Å². The number of fused-ring (bicyclic) bond motifs is 4. The zero-order chi connectivity index (χ0) is 27.7. The van der Waals surface area contributed by atoms with E-state index in [1.165, 1.54) is 23.8 Å². The van der Waals surface area contributed by atoms with Gasteiger partial charge in [0.2, 0.25) is 17.9 Å². The van der Waals surface area contributed by atoms with Crippen LogP contribution in [-0.4, -0.2) is 29.8 Å². The summed E-state index contributed by atoms with van der Waals surface area (Å²) in [7, 11) is 1.53. The Labute approximate surface area is 224 Å². The van der Waals surface area contributed by atoms with Gasteiger partial charge in [-0.15, -0.1) is 0 Å². The number of para-hydroxylation sites is 2. The van der Waals surface area contributed by atoms with Gasteiger partial charge in [-0.3, -0.25) is 19.7 Å². The van der Waals surface area contributed by atoms with E-state index < -0.39 is 44.9 Å². The molecule has 9 nitrogen and oxygen atoms in total. The standard InChI is InChI=1S/C30H23N5O4/c1-19-25(35(38)39)30(22-13-7-9-15-24(22)34(27(30)37)16-20-10-4-3-5-11-20)28(17-31,18-32)29(19)21-12-6-8-14-23(21)33(2)26(29)36/h3-15,19,25H,16H2,1-2H3. The molecule has 1 aliphatic carbocycles. The number of hydrogen-bond donors (Lipinski definition) is 0. The van der Waals surface area contributed by atoms with Crippen LogP contribution in [0.4, 0.5) is 11.4 Å². The molecule has 0 N–H and O–H groups in total. The summed E-state index contributed by atoms with van der Waals surface area (Å²) in [5.74, 6) is -2.49. The summed E-state index contributed by atoms with van der Waals surface area (Å²) in [6.45, 7) is 1.61. The first-order valence-corrected chi connectivity index (χ1v) is 12.5. The molecule has 3 aromatic rings. The Morgan fingerprint density at radius 2 is 1.38 bits per heavy atom. The molecule has 3 aliphatic rings. The Morgan fingerprint density at radius 3 is 1.97 bits per heavy atom. The van der Waals surface area contributed by atoms with Gasteiger partial charge in [0.25, 0.3) is 0 Å². The number of amides is 2. The highest BCUT2D eigenvalue weighted by atomic mass is 16.6. The van der Waals surface area contributed by atoms with E-state index in [0.717, 1.165) is 5.56 Å². The Balaban J connectivity index is 1.74. The van der Waals surface area contributed by atoms with Crippen molar-refractivity contribution in [2.45, 2.75) is 30.3 Å². The van der Waals surface area contributed by atoms with E-state index in [2.05, 4.69) is 12.1 Å². The summed E-state index contributed by atoms with van der Waals surface area (Å²) in [5.41, 5.74) is -4.41. The zero-order valence-corrected chi connectivity index (χ0v) is 21.2. The van der Waals surface area contributed by atoms with Gasteiger partial charge in [-0.1, -0.05) is 73.7 Å². The van der Waals surface area contributed by atoms with Gasteiger partial charge in [-0.2, -0.15) is 10.5 Å². The maximum Gasteiger partial charge on any atom is 0.247 e. The number of likely N-dealkylation sites (N-methyl/N-ethyl adjacent to an activating group) is 1. The summed E-state index contributed by atoms with van der Waals surface area (Å²) >= 11 is 0. The zero-order valence-electron chi connectivity index (χ0n) is 21.2. The van der Waals surface area contributed by atoms with E-state index in [0.29, 0.717) is 16.9 Å². The fourth-order valence-electron chi connectivity index (χ4n) is 7.65. The molecule has 1 fully saturated rings. The van der Waals surface area contributed by atoms with Gasteiger partial charge < -0.3 is 9.80 Å². The molecule has 4 atom stereocenters. The van der Waals surface area contributed by atoms with E-state index in [9.17, 15) is 30.2 Å². The van der Waals surface area contributed by atoms with Crippen molar-refractivity contribution >= 4 is 23.2 Å². The molecule has 0 bridgehead atoms. The van der Waals surface area contributed by atoms with E-state index in [4.69, 9.17) is 0 Å². The molecule has 39 heavy (non-hydrogen) atoms. The molecule has 2 amide bonds. The monoisotopic (exact) mass is 517 g/mol. The van der Waals surface area contributed by atoms with Gasteiger partial charge in [0.1, 0.15) is 5.41 Å². The Bertz CT molecular complexity index is 1640. The first-order valence-electron chi connectivity index (χ1n) is 12.5. The number of rotatable bonds is 3. The maximum absolute atomic E-state index is 14.8. The van der Waals surface area contributed by atoms with Gasteiger partial charge >= 0.3 is 0 Å². The molecule has 0 aromatic heterocycles. The first kappa shape index (κ1) is 24.3. The molecular formula is C30H23N5O4. The van der Waals surface area contributed by atoms with E-state index in [1.54, 1.807) is 48.5 Å². The van der Waals surface area contributed by atoms with Crippen LogP contribution >= 0.6 is 0 Å². The van der Waals surface area contributed by atoms with Crippen LogP contribution in [-0.2, 0) is 27.0 Å². The number of nitrogens with zero attached hydrogens (tertiary/aromatic N) is 5. The number of anilines is 2. The quantitative estimate of drug-likeness (QED) is 0.384. The molecule has 1 saturated carbocycles. The molecule has 192 valence electrons. The third-order valence-electron chi connectivity index (χ3n) is 9.06. The highest BCUT2D eigenvalue weighted by Crippen LogP contribution is 2.72. The minimum atomic E-state index is -2.42. The van der Waals surface area contributed by atoms with Crippen LogP contribution in [0.1, 0.15) is 23.6 Å². The Morgan fingerprint density at radius 1 is 0.846 bits per heavy atom. The Kier molecular flexibility index (Phi) is 4.98. The smallest absolute Gasteiger partial charge is 0.247 e. The minimum absolute atomic E-state index is 0.0849. The number of nitriles is 2. The number of nitro groups is 1. The summed E-state index contributed by atoms with van der Waals surface area (Å²) in [6, 6.07) is 24.9. The number of benzene rings is 3. The van der Waals surface area contributed by atoms with Gasteiger partial charge in [-0.05, 0) is 23.3 Å². The topological polar surface area (TPSA) is 131 Å². The largest absolute Gasteiger partial charge is 0.314 e. The van der Waals surface area contributed by atoms with Crippen molar-refractivity contribution in [3.05, 3.63) is 106 Å². The molecule has 9 heteroatoms. The van der Waals surface area contributed by atoms with Gasteiger partial charge in [0, 0.05) is 34.8 Å². The van der Waals surface area contributed by atoms with Crippen LogP contribution in [0.2, 0.25) is 0 Å². The lowest BCUT2D eigenvalue weighted by Crippen LogP contribution is -2.61. The molecule has 2 heterocycles. The second kappa shape index (κ2) is 7.99. The molecule has 6 rings (SSSR count). The van der Waals surface area contributed by atoms with E-state index in [1.807, 2.05) is 30.3 Å². The maximum atomic E-state index is 14.8. The predicted octanol–water partition coefficient (Wildman–Crippen LogP) is 3.71. The van der Waals surface area contributed by atoms with Crippen LogP contribution in [0.25, 0.3) is 0 Å². The minimum Gasteiger partial charge on any atom is -0.314 e. The lowest BCUT2D eigenvalue weighted by Gasteiger charge is -2.39. The second-order valence-corrected chi connectivity index (χ2v) is 10.4. The van der Waals surface area contributed by atoms with Crippen molar-refractivity contribution in [2.24, 2.45) is 11.3 Å². The fourth-order valence-corrected chi connectivity index (χ4v) is 7.65. The normalized spacial score (nSPS) is 27.9.